The van der Waals surface area contributed by atoms with Crippen LogP contribution in [0.5, 0.6) is 11.5 Å². The fraction of sp³-hybridized carbons (Fsp3) is 0.333. The van der Waals surface area contributed by atoms with Crippen molar-refractivity contribution in [2.45, 2.75) is 32.0 Å². The van der Waals surface area contributed by atoms with Gasteiger partial charge in [-0.15, -0.1) is 0 Å². The molecule has 3 heterocycles. The Hall–Kier alpha value is -4.38. The van der Waals surface area contributed by atoms with Gasteiger partial charge < -0.3 is 28.4 Å². The Morgan fingerprint density at radius 1 is 1.00 bits per heavy atom. The quantitative estimate of drug-likeness (QED) is 0.292. The smallest absolute Gasteiger partial charge is 0.269 e. The van der Waals surface area contributed by atoms with E-state index in [-0.39, 0.29) is 56.2 Å². The minimum absolute atomic E-state index is 0.114. The maximum atomic E-state index is 13.7. The summed E-state index contributed by atoms with van der Waals surface area (Å²) >= 11 is 0. The van der Waals surface area contributed by atoms with Crippen molar-refractivity contribution in [1.82, 2.24) is 9.80 Å². The van der Waals surface area contributed by atoms with Crippen LogP contribution in [0.4, 0.5) is 5.69 Å². The van der Waals surface area contributed by atoms with Crippen molar-refractivity contribution in [2.24, 2.45) is 0 Å². The summed E-state index contributed by atoms with van der Waals surface area (Å²) in [5, 5.41) is 11.0. The predicted molar refractivity (Wildman–Crippen MR) is 134 cm³/mol. The Morgan fingerprint density at radius 3 is 2.53 bits per heavy atom. The zero-order valence-corrected chi connectivity index (χ0v) is 20.6. The molecule has 1 saturated heterocycles. The first-order valence-electron chi connectivity index (χ1n) is 12.3. The number of ether oxygens (including phenoxy) is 3. The molecule has 2 aliphatic rings. The van der Waals surface area contributed by atoms with Crippen LogP contribution in [-0.4, -0.2) is 59.1 Å². The molecule has 38 heavy (non-hydrogen) atoms. The van der Waals surface area contributed by atoms with Gasteiger partial charge in [0.2, 0.25) is 12.7 Å². The second kappa shape index (κ2) is 11.3. The lowest BCUT2D eigenvalue weighted by Crippen LogP contribution is -2.45. The molecular weight excluding hydrogens is 494 g/mol. The highest BCUT2D eigenvalue weighted by molar-refractivity contribution is 5.96. The number of carbonyl (C=O) groups is 2. The van der Waals surface area contributed by atoms with E-state index in [1.807, 2.05) is 12.1 Å². The first kappa shape index (κ1) is 25.3. The maximum Gasteiger partial charge on any atom is 0.269 e. The first-order valence-corrected chi connectivity index (χ1v) is 12.3. The molecule has 0 spiro atoms. The van der Waals surface area contributed by atoms with Gasteiger partial charge in [0.1, 0.15) is 12.3 Å². The van der Waals surface area contributed by atoms with E-state index in [4.69, 9.17) is 18.6 Å². The summed E-state index contributed by atoms with van der Waals surface area (Å²) in [5.74, 6) is 1.18. The van der Waals surface area contributed by atoms with Crippen LogP contribution in [0.2, 0.25) is 0 Å². The highest BCUT2D eigenvalue weighted by atomic mass is 16.7. The number of nitro groups is 1. The molecule has 0 bridgehead atoms. The number of rotatable bonds is 10. The summed E-state index contributed by atoms with van der Waals surface area (Å²) in [6, 6.07) is 14.4. The van der Waals surface area contributed by atoms with Crippen molar-refractivity contribution in [1.29, 1.82) is 0 Å². The molecular formula is C27H27N3O8. The SMILES string of the molecule is O=C(CN(CC1CCCO1)C(=O)c1ccc([N+](=O)[O-])cc1)N(Cc1ccc2c(c1)OCO2)Cc1ccco1. The molecule has 2 amide bonds. The number of fused-ring (bicyclic) bond motifs is 1. The van der Waals surface area contributed by atoms with Crippen LogP contribution in [0.25, 0.3) is 0 Å². The molecule has 3 aromatic rings. The largest absolute Gasteiger partial charge is 0.467 e. The van der Waals surface area contributed by atoms with Gasteiger partial charge in [-0.3, -0.25) is 19.7 Å². The Labute approximate surface area is 218 Å². The molecule has 11 heteroatoms. The average molecular weight is 522 g/mol. The van der Waals surface area contributed by atoms with Gasteiger partial charge in [0.15, 0.2) is 11.5 Å². The Kier molecular flexibility index (Phi) is 7.55. The van der Waals surface area contributed by atoms with E-state index in [0.29, 0.717) is 23.9 Å². The fourth-order valence-corrected chi connectivity index (χ4v) is 4.51. The standard InChI is InChI=1S/C27H27N3O8/c31-26(28(15-22-3-1-11-35-22)14-19-5-10-24-25(13-19)38-18-37-24)17-29(16-23-4-2-12-36-23)27(32)20-6-8-21(9-7-20)30(33)34/h1,3,5-11,13,23H,2,4,12,14-18H2. The molecule has 0 aliphatic carbocycles. The van der Waals surface area contributed by atoms with Gasteiger partial charge in [0.25, 0.3) is 11.6 Å². The van der Waals surface area contributed by atoms with Gasteiger partial charge in [0.05, 0.1) is 23.8 Å². The average Bonchev–Trinajstić information content (AvgIpc) is 3.71. The van der Waals surface area contributed by atoms with E-state index in [1.165, 1.54) is 29.2 Å². The van der Waals surface area contributed by atoms with Crippen molar-refractivity contribution in [2.75, 3.05) is 26.5 Å². The summed E-state index contributed by atoms with van der Waals surface area (Å²) in [6.07, 6.45) is 3.02. The number of benzene rings is 2. The molecule has 0 N–H and O–H groups in total. The molecule has 1 fully saturated rings. The zero-order chi connectivity index (χ0) is 26.5. The normalized spacial score (nSPS) is 15.8. The lowest BCUT2D eigenvalue weighted by Gasteiger charge is -2.29. The number of nitrogens with zero attached hydrogens (tertiary/aromatic N) is 3. The number of furan rings is 1. The van der Waals surface area contributed by atoms with Crippen molar-refractivity contribution in [3.63, 3.8) is 0 Å². The third-order valence-electron chi connectivity index (χ3n) is 6.48. The highest BCUT2D eigenvalue weighted by Gasteiger charge is 2.28. The van der Waals surface area contributed by atoms with Crippen LogP contribution in [0, 0.1) is 10.1 Å². The van der Waals surface area contributed by atoms with Crippen LogP contribution in [0.15, 0.2) is 65.3 Å². The van der Waals surface area contributed by atoms with E-state index in [1.54, 1.807) is 29.4 Å². The molecule has 2 aliphatic heterocycles. The molecule has 5 rings (SSSR count). The fourth-order valence-electron chi connectivity index (χ4n) is 4.51. The third-order valence-corrected chi connectivity index (χ3v) is 6.48. The molecule has 1 aromatic heterocycles. The van der Waals surface area contributed by atoms with Crippen LogP contribution >= 0.6 is 0 Å². The van der Waals surface area contributed by atoms with E-state index < -0.39 is 10.8 Å². The Bertz CT molecular complexity index is 1290. The second-order valence-corrected chi connectivity index (χ2v) is 9.14. The molecule has 0 saturated carbocycles. The van der Waals surface area contributed by atoms with Crippen LogP contribution in [-0.2, 0) is 22.6 Å². The second-order valence-electron chi connectivity index (χ2n) is 9.14. The lowest BCUT2D eigenvalue weighted by molar-refractivity contribution is -0.384. The minimum atomic E-state index is -0.523. The molecule has 2 aromatic carbocycles. The van der Waals surface area contributed by atoms with Gasteiger partial charge in [-0.2, -0.15) is 0 Å². The van der Waals surface area contributed by atoms with E-state index >= 15 is 0 Å². The Morgan fingerprint density at radius 2 is 1.82 bits per heavy atom. The van der Waals surface area contributed by atoms with Crippen LogP contribution < -0.4 is 9.47 Å². The van der Waals surface area contributed by atoms with Crippen molar-refractivity contribution >= 4 is 17.5 Å². The number of hydrogen-bond donors (Lipinski definition) is 0. The summed E-state index contributed by atoms with van der Waals surface area (Å²) in [7, 11) is 0. The topological polar surface area (TPSA) is 125 Å². The van der Waals surface area contributed by atoms with Crippen molar-refractivity contribution in [3.8, 4) is 11.5 Å². The van der Waals surface area contributed by atoms with Crippen LogP contribution in [0.1, 0.15) is 34.5 Å². The molecule has 11 nitrogen and oxygen atoms in total. The van der Waals surface area contributed by atoms with Gasteiger partial charge in [-0.05, 0) is 54.8 Å². The minimum Gasteiger partial charge on any atom is -0.467 e. The lowest BCUT2D eigenvalue weighted by atomic mass is 10.1. The highest BCUT2D eigenvalue weighted by Crippen LogP contribution is 2.33. The van der Waals surface area contributed by atoms with E-state index in [2.05, 4.69) is 0 Å². The van der Waals surface area contributed by atoms with Crippen molar-refractivity contribution < 1.29 is 33.1 Å². The monoisotopic (exact) mass is 521 g/mol. The van der Waals surface area contributed by atoms with Gasteiger partial charge in [-0.1, -0.05) is 6.07 Å². The van der Waals surface area contributed by atoms with Gasteiger partial charge >= 0.3 is 0 Å². The predicted octanol–water partition coefficient (Wildman–Crippen LogP) is 3.77. The number of nitro benzene ring substituents is 1. The zero-order valence-electron chi connectivity index (χ0n) is 20.6. The molecule has 198 valence electrons. The van der Waals surface area contributed by atoms with Crippen LogP contribution in [0.3, 0.4) is 0 Å². The van der Waals surface area contributed by atoms with Gasteiger partial charge in [-0.25, -0.2) is 0 Å². The number of amides is 2. The number of carbonyl (C=O) groups excluding carboxylic acids is 2. The maximum absolute atomic E-state index is 13.7. The molecule has 0 radical (unpaired) electrons. The van der Waals surface area contributed by atoms with E-state index in [9.17, 15) is 19.7 Å². The molecule has 1 atom stereocenters. The summed E-state index contributed by atoms with van der Waals surface area (Å²) in [6.45, 7) is 1.26. The molecule has 1 unspecified atom stereocenters. The summed E-state index contributed by atoms with van der Waals surface area (Å²) in [4.78, 5) is 40.7. The number of non-ortho nitro benzene ring substituents is 1. The van der Waals surface area contributed by atoms with Gasteiger partial charge in [0, 0.05) is 37.4 Å². The summed E-state index contributed by atoms with van der Waals surface area (Å²) in [5.41, 5.74) is 0.980. The van der Waals surface area contributed by atoms with E-state index in [0.717, 1.165) is 18.4 Å². The van der Waals surface area contributed by atoms with Crippen molar-refractivity contribution in [3.05, 3.63) is 87.9 Å². The first-order chi connectivity index (χ1) is 18.5. The third kappa shape index (κ3) is 5.94. The number of hydrogen-bond acceptors (Lipinski definition) is 8. The Balaban J connectivity index is 1.36. The summed E-state index contributed by atoms with van der Waals surface area (Å²) < 4.78 is 22.1.